The van der Waals surface area contributed by atoms with Gasteiger partial charge in [-0.15, -0.1) is 0 Å². The van der Waals surface area contributed by atoms with Crippen LogP contribution in [-0.4, -0.2) is 54.9 Å². The highest BCUT2D eigenvalue weighted by molar-refractivity contribution is 5.96. The van der Waals surface area contributed by atoms with E-state index in [0.29, 0.717) is 17.5 Å². The highest BCUT2D eigenvalue weighted by atomic mass is 16.2. The molecule has 5 heteroatoms. The van der Waals surface area contributed by atoms with E-state index in [1.165, 1.54) is 0 Å². The zero-order valence-electron chi connectivity index (χ0n) is 16.0. The minimum absolute atomic E-state index is 0.00856. The molecule has 3 rings (SSSR count). The lowest BCUT2D eigenvalue weighted by molar-refractivity contribution is 0.0790. The molecule has 5 nitrogen and oxygen atoms in total. The first-order valence-electron chi connectivity index (χ1n) is 9.08. The van der Waals surface area contributed by atoms with Gasteiger partial charge in [-0.3, -0.25) is 9.59 Å². The zero-order chi connectivity index (χ0) is 19.4. The lowest BCUT2D eigenvalue weighted by Gasteiger charge is -2.19. The molecule has 1 N–H and O–H groups in total. The minimum atomic E-state index is -0.109. The van der Waals surface area contributed by atoms with Crippen LogP contribution in [0.15, 0.2) is 59.5 Å². The van der Waals surface area contributed by atoms with Crippen molar-refractivity contribution >= 4 is 16.7 Å². The van der Waals surface area contributed by atoms with Crippen LogP contribution < -0.4 is 5.56 Å². The van der Waals surface area contributed by atoms with E-state index in [0.717, 1.165) is 29.5 Å². The van der Waals surface area contributed by atoms with Gasteiger partial charge in [0, 0.05) is 30.7 Å². The molecule has 140 valence electrons. The Morgan fingerprint density at radius 3 is 2.52 bits per heavy atom. The third-order valence-electron chi connectivity index (χ3n) is 4.66. The Morgan fingerprint density at radius 1 is 0.963 bits per heavy atom. The molecule has 0 spiro atoms. The summed E-state index contributed by atoms with van der Waals surface area (Å²) in [6.07, 6.45) is 2.58. The summed E-state index contributed by atoms with van der Waals surface area (Å²) in [6, 6.07) is 15.2. The highest BCUT2D eigenvalue weighted by Gasteiger charge is 2.12. The van der Waals surface area contributed by atoms with Crippen LogP contribution in [-0.2, 0) is 0 Å². The van der Waals surface area contributed by atoms with Crippen molar-refractivity contribution < 1.29 is 4.79 Å². The van der Waals surface area contributed by atoms with Gasteiger partial charge in [0.05, 0.1) is 0 Å². The van der Waals surface area contributed by atoms with Gasteiger partial charge in [-0.05, 0) is 67.8 Å². The summed E-state index contributed by atoms with van der Waals surface area (Å²) in [5, 5.41) is 1.54. The van der Waals surface area contributed by atoms with Crippen LogP contribution in [0.3, 0.4) is 0 Å². The number of rotatable bonds is 6. The van der Waals surface area contributed by atoms with Crippen molar-refractivity contribution in [1.29, 1.82) is 0 Å². The van der Waals surface area contributed by atoms with Crippen LogP contribution in [0.4, 0.5) is 0 Å². The molecule has 0 aliphatic rings. The number of carbonyl (C=O) groups is 1. The number of nitrogens with zero attached hydrogens (tertiary/aromatic N) is 2. The summed E-state index contributed by atoms with van der Waals surface area (Å²) in [5.41, 5.74) is 2.39. The Labute approximate surface area is 159 Å². The molecule has 0 radical (unpaired) electrons. The SMILES string of the molecule is CN(C)CCCN(C)C(=O)c1cccc(-c2ccc3cc[nH]c(=O)c3c2)c1. The number of aromatic nitrogens is 1. The molecule has 1 heterocycles. The molecule has 0 unspecified atom stereocenters. The lowest BCUT2D eigenvalue weighted by Crippen LogP contribution is -2.29. The molecule has 3 aromatic rings. The van der Waals surface area contributed by atoms with Gasteiger partial charge in [0.25, 0.3) is 11.5 Å². The van der Waals surface area contributed by atoms with Crippen molar-refractivity contribution in [1.82, 2.24) is 14.8 Å². The van der Waals surface area contributed by atoms with E-state index in [2.05, 4.69) is 9.88 Å². The monoisotopic (exact) mass is 363 g/mol. The van der Waals surface area contributed by atoms with Crippen molar-refractivity contribution in [2.75, 3.05) is 34.2 Å². The molecule has 1 amide bonds. The Bertz CT molecular complexity index is 1010. The van der Waals surface area contributed by atoms with Crippen molar-refractivity contribution in [2.45, 2.75) is 6.42 Å². The fraction of sp³-hybridized carbons (Fsp3) is 0.273. The maximum absolute atomic E-state index is 12.7. The van der Waals surface area contributed by atoms with Crippen molar-refractivity contribution in [2.24, 2.45) is 0 Å². The van der Waals surface area contributed by atoms with Crippen LogP contribution in [0.1, 0.15) is 16.8 Å². The average molecular weight is 363 g/mol. The first kappa shape index (κ1) is 18.9. The highest BCUT2D eigenvalue weighted by Crippen LogP contribution is 2.24. The molecule has 0 saturated carbocycles. The van der Waals surface area contributed by atoms with Crippen molar-refractivity contribution in [3.8, 4) is 11.1 Å². The number of carbonyl (C=O) groups excluding carboxylic acids is 1. The second-order valence-electron chi connectivity index (χ2n) is 7.07. The Balaban J connectivity index is 1.84. The number of hydrogen-bond acceptors (Lipinski definition) is 3. The quantitative estimate of drug-likeness (QED) is 0.732. The zero-order valence-corrected chi connectivity index (χ0v) is 16.0. The van der Waals surface area contributed by atoms with Gasteiger partial charge in [-0.2, -0.15) is 0 Å². The van der Waals surface area contributed by atoms with Gasteiger partial charge >= 0.3 is 0 Å². The average Bonchev–Trinajstić information content (AvgIpc) is 2.67. The smallest absolute Gasteiger partial charge is 0.255 e. The first-order chi connectivity index (χ1) is 13.0. The maximum Gasteiger partial charge on any atom is 0.255 e. The van der Waals surface area contributed by atoms with Crippen molar-refractivity contribution in [3.05, 3.63) is 70.6 Å². The van der Waals surface area contributed by atoms with Gasteiger partial charge in [0.1, 0.15) is 0 Å². The van der Waals surface area contributed by atoms with Crippen LogP contribution in [0.5, 0.6) is 0 Å². The van der Waals surface area contributed by atoms with Gasteiger partial charge in [0.15, 0.2) is 0 Å². The summed E-state index contributed by atoms with van der Waals surface area (Å²) in [7, 11) is 5.89. The van der Waals surface area contributed by atoms with Crippen molar-refractivity contribution in [3.63, 3.8) is 0 Å². The summed E-state index contributed by atoms with van der Waals surface area (Å²) < 4.78 is 0. The third-order valence-corrected chi connectivity index (χ3v) is 4.66. The van der Waals surface area contributed by atoms with E-state index >= 15 is 0 Å². The van der Waals surface area contributed by atoms with Crippen LogP contribution in [0.2, 0.25) is 0 Å². The molecule has 27 heavy (non-hydrogen) atoms. The summed E-state index contributed by atoms with van der Waals surface area (Å²) in [4.78, 5) is 31.4. The first-order valence-corrected chi connectivity index (χ1v) is 9.08. The molecular weight excluding hydrogens is 338 g/mol. The van der Waals surface area contributed by atoms with E-state index in [9.17, 15) is 9.59 Å². The number of pyridine rings is 1. The molecule has 2 aromatic carbocycles. The Hall–Kier alpha value is -2.92. The minimum Gasteiger partial charge on any atom is -0.342 e. The summed E-state index contributed by atoms with van der Waals surface area (Å²) >= 11 is 0. The Kier molecular flexibility index (Phi) is 5.72. The van der Waals surface area contributed by atoms with Crippen LogP contribution in [0.25, 0.3) is 21.9 Å². The molecule has 0 atom stereocenters. The standard InChI is InChI=1S/C22H25N3O2/c1-24(2)12-5-13-25(3)22(27)19-7-4-6-17(14-19)18-9-8-16-10-11-23-21(26)20(16)15-18/h4,6-11,14-15H,5,12-13H2,1-3H3,(H,23,26). The summed E-state index contributed by atoms with van der Waals surface area (Å²) in [6.45, 7) is 1.66. The van der Waals surface area contributed by atoms with E-state index in [1.54, 1.807) is 11.1 Å². The predicted octanol–water partition coefficient (Wildman–Crippen LogP) is 3.22. The van der Waals surface area contributed by atoms with Gasteiger partial charge in [-0.25, -0.2) is 0 Å². The number of amides is 1. The number of H-pyrrole nitrogens is 1. The topological polar surface area (TPSA) is 56.4 Å². The maximum atomic E-state index is 12.7. The van der Waals surface area contributed by atoms with E-state index in [4.69, 9.17) is 0 Å². The number of nitrogens with one attached hydrogen (secondary N) is 1. The second-order valence-corrected chi connectivity index (χ2v) is 7.07. The Morgan fingerprint density at radius 2 is 1.74 bits per heavy atom. The van der Waals surface area contributed by atoms with Gasteiger partial charge < -0.3 is 14.8 Å². The molecule has 0 aliphatic carbocycles. The molecule has 0 aliphatic heterocycles. The third kappa shape index (κ3) is 4.44. The lowest BCUT2D eigenvalue weighted by atomic mass is 10.00. The van der Waals surface area contributed by atoms with Gasteiger partial charge in [-0.1, -0.05) is 24.3 Å². The molecule has 0 bridgehead atoms. The molecular formula is C22H25N3O2. The van der Waals surface area contributed by atoms with E-state index in [-0.39, 0.29) is 11.5 Å². The van der Waals surface area contributed by atoms with E-state index < -0.39 is 0 Å². The normalized spacial score (nSPS) is 11.1. The molecule has 0 saturated heterocycles. The van der Waals surface area contributed by atoms with Gasteiger partial charge in [0.2, 0.25) is 0 Å². The second kappa shape index (κ2) is 8.18. The summed E-state index contributed by atoms with van der Waals surface area (Å²) in [5.74, 6) is 0.00856. The fourth-order valence-corrected chi connectivity index (χ4v) is 3.14. The molecule has 0 fully saturated rings. The van der Waals surface area contributed by atoms with Crippen LogP contribution >= 0.6 is 0 Å². The number of aromatic amines is 1. The van der Waals surface area contributed by atoms with Crippen LogP contribution in [0, 0.1) is 0 Å². The van der Waals surface area contributed by atoms with E-state index in [1.807, 2.05) is 69.7 Å². The number of fused-ring (bicyclic) bond motifs is 1. The predicted molar refractivity (Wildman–Crippen MR) is 110 cm³/mol. The fourth-order valence-electron chi connectivity index (χ4n) is 3.14. The number of hydrogen-bond donors (Lipinski definition) is 1. The molecule has 1 aromatic heterocycles. The largest absolute Gasteiger partial charge is 0.342 e. The number of benzene rings is 2.